The van der Waals surface area contributed by atoms with E-state index in [1.54, 1.807) is 7.11 Å². The summed E-state index contributed by atoms with van der Waals surface area (Å²) in [6.45, 7) is 7.12. The van der Waals surface area contributed by atoms with E-state index in [0.29, 0.717) is 18.6 Å². The predicted octanol–water partition coefficient (Wildman–Crippen LogP) is 2.77. The molecule has 1 aromatic heterocycles. The Morgan fingerprint density at radius 3 is 2.72 bits per heavy atom. The van der Waals surface area contributed by atoms with E-state index < -0.39 is 0 Å². The number of hydrogen-bond acceptors (Lipinski definition) is 3. The number of fused-ring (bicyclic) bond motifs is 1. The summed E-state index contributed by atoms with van der Waals surface area (Å²) in [5.74, 6) is 1.49. The number of ether oxygens (including phenoxy) is 1. The zero-order valence-electron chi connectivity index (χ0n) is 11.5. The summed E-state index contributed by atoms with van der Waals surface area (Å²) in [7, 11) is 1.74. The van der Waals surface area contributed by atoms with E-state index in [1.807, 2.05) is 25.1 Å². The summed E-state index contributed by atoms with van der Waals surface area (Å²) in [5.41, 5.74) is 8.63. The van der Waals surface area contributed by atoms with Crippen LogP contribution < -0.4 is 5.73 Å². The van der Waals surface area contributed by atoms with Crippen LogP contribution in [0, 0.1) is 12.8 Å². The Labute approximate surface area is 108 Å². The van der Waals surface area contributed by atoms with Crippen LogP contribution in [0.4, 0.5) is 5.69 Å². The summed E-state index contributed by atoms with van der Waals surface area (Å²) in [6.07, 6.45) is 0. The first-order valence-electron chi connectivity index (χ1n) is 6.27. The Bertz CT molecular complexity index is 545. The second-order valence-electron chi connectivity index (χ2n) is 5.04. The Morgan fingerprint density at radius 2 is 2.11 bits per heavy atom. The van der Waals surface area contributed by atoms with Crippen LogP contribution in [0.25, 0.3) is 11.0 Å². The predicted molar refractivity (Wildman–Crippen MR) is 74.6 cm³/mol. The molecule has 0 spiro atoms. The fraction of sp³-hybridized carbons (Fsp3) is 0.500. The minimum Gasteiger partial charge on any atom is -0.399 e. The molecule has 0 saturated heterocycles. The van der Waals surface area contributed by atoms with Gasteiger partial charge in [-0.2, -0.15) is 0 Å². The van der Waals surface area contributed by atoms with Crippen molar-refractivity contribution in [3.05, 3.63) is 24.0 Å². The maximum absolute atomic E-state index is 5.80. The zero-order valence-corrected chi connectivity index (χ0v) is 11.5. The van der Waals surface area contributed by atoms with E-state index in [1.165, 1.54) is 0 Å². The van der Waals surface area contributed by atoms with Gasteiger partial charge in [-0.15, -0.1) is 0 Å². The third-order valence-corrected chi connectivity index (χ3v) is 3.33. The van der Waals surface area contributed by atoms with Gasteiger partial charge >= 0.3 is 0 Å². The number of rotatable bonds is 4. The van der Waals surface area contributed by atoms with Crippen molar-refractivity contribution in [1.29, 1.82) is 0 Å². The molecule has 0 fully saturated rings. The average Bonchev–Trinajstić information content (AvgIpc) is 2.61. The standard InChI is InChI=1S/C14H21N3O/c1-9(2)14(8-18-4)17-10(3)16-12-7-11(15)5-6-13(12)17/h5-7,9,14H,8,15H2,1-4H3. The van der Waals surface area contributed by atoms with Gasteiger partial charge in [0, 0.05) is 12.8 Å². The lowest BCUT2D eigenvalue weighted by Gasteiger charge is -2.24. The van der Waals surface area contributed by atoms with Crippen molar-refractivity contribution in [2.24, 2.45) is 5.92 Å². The summed E-state index contributed by atoms with van der Waals surface area (Å²) in [4.78, 5) is 4.59. The fourth-order valence-corrected chi connectivity index (χ4v) is 2.39. The van der Waals surface area contributed by atoms with Crippen molar-refractivity contribution in [3.63, 3.8) is 0 Å². The van der Waals surface area contributed by atoms with Crippen molar-refractivity contribution in [3.8, 4) is 0 Å². The van der Waals surface area contributed by atoms with Gasteiger partial charge in [-0.1, -0.05) is 13.8 Å². The number of anilines is 1. The topological polar surface area (TPSA) is 53.1 Å². The molecule has 0 aliphatic carbocycles. The molecular weight excluding hydrogens is 226 g/mol. The first-order chi connectivity index (χ1) is 8.54. The lowest BCUT2D eigenvalue weighted by atomic mass is 10.0. The van der Waals surface area contributed by atoms with Gasteiger partial charge in [0.2, 0.25) is 0 Å². The summed E-state index contributed by atoms with van der Waals surface area (Å²) >= 11 is 0. The van der Waals surface area contributed by atoms with Crippen LogP contribution in [0.3, 0.4) is 0 Å². The summed E-state index contributed by atoms with van der Waals surface area (Å²) in [6, 6.07) is 6.17. The van der Waals surface area contributed by atoms with Gasteiger partial charge in [-0.25, -0.2) is 4.98 Å². The van der Waals surface area contributed by atoms with Gasteiger partial charge in [0.15, 0.2) is 0 Å². The van der Waals surface area contributed by atoms with Gasteiger partial charge in [0.05, 0.1) is 23.7 Å². The third kappa shape index (κ3) is 2.20. The molecule has 0 bridgehead atoms. The van der Waals surface area contributed by atoms with Crippen LogP contribution in [-0.2, 0) is 4.74 Å². The molecule has 0 aliphatic heterocycles. The molecule has 1 unspecified atom stereocenters. The first kappa shape index (κ1) is 12.9. The highest BCUT2D eigenvalue weighted by Gasteiger charge is 2.20. The number of imidazole rings is 1. The number of nitrogens with zero attached hydrogens (tertiary/aromatic N) is 2. The largest absolute Gasteiger partial charge is 0.399 e. The van der Waals surface area contributed by atoms with Gasteiger partial charge in [0.1, 0.15) is 5.82 Å². The molecular formula is C14H21N3O. The summed E-state index contributed by atoms with van der Waals surface area (Å²) < 4.78 is 7.60. The molecule has 4 nitrogen and oxygen atoms in total. The molecule has 0 radical (unpaired) electrons. The second-order valence-corrected chi connectivity index (χ2v) is 5.04. The maximum Gasteiger partial charge on any atom is 0.107 e. The number of aromatic nitrogens is 2. The number of hydrogen-bond donors (Lipinski definition) is 1. The molecule has 0 aliphatic rings. The third-order valence-electron chi connectivity index (χ3n) is 3.33. The lowest BCUT2D eigenvalue weighted by molar-refractivity contribution is 0.134. The van der Waals surface area contributed by atoms with Crippen molar-refractivity contribution < 1.29 is 4.74 Å². The van der Waals surface area contributed by atoms with E-state index in [9.17, 15) is 0 Å². The lowest BCUT2D eigenvalue weighted by Crippen LogP contribution is -2.21. The smallest absolute Gasteiger partial charge is 0.107 e. The van der Waals surface area contributed by atoms with E-state index in [-0.39, 0.29) is 0 Å². The Hall–Kier alpha value is -1.55. The molecule has 2 N–H and O–H groups in total. The highest BCUT2D eigenvalue weighted by molar-refractivity contribution is 5.79. The fourth-order valence-electron chi connectivity index (χ4n) is 2.39. The van der Waals surface area contributed by atoms with Crippen LogP contribution in [0.2, 0.25) is 0 Å². The van der Waals surface area contributed by atoms with E-state index in [4.69, 9.17) is 10.5 Å². The molecule has 18 heavy (non-hydrogen) atoms. The Balaban J connectivity index is 2.57. The number of aryl methyl sites for hydroxylation is 1. The van der Waals surface area contributed by atoms with Crippen LogP contribution in [0.15, 0.2) is 18.2 Å². The normalized spacial score (nSPS) is 13.4. The number of methoxy groups -OCH3 is 1. The molecule has 0 amide bonds. The number of benzene rings is 1. The van der Waals surface area contributed by atoms with Crippen LogP contribution >= 0.6 is 0 Å². The van der Waals surface area contributed by atoms with Crippen molar-refractivity contribution in [2.75, 3.05) is 19.5 Å². The van der Waals surface area contributed by atoms with Crippen molar-refractivity contribution >= 4 is 16.7 Å². The highest BCUT2D eigenvalue weighted by atomic mass is 16.5. The van der Waals surface area contributed by atoms with Crippen LogP contribution in [0.5, 0.6) is 0 Å². The quantitative estimate of drug-likeness (QED) is 0.845. The molecule has 1 aromatic carbocycles. The summed E-state index contributed by atoms with van der Waals surface area (Å²) in [5, 5.41) is 0. The van der Waals surface area contributed by atoms with Gasteiger partial charge in [-0.3, -0.25) is 0 Å². The van der Waals surface area contributed by atoms with E-state index in [2.05, 4.69) is 23.4 Å². The second kappa shape index (κ2) is 4.98. The highest BCUT2D eigenvalue weighted by Crippen LogP contribution is 2.27. The minimum absolute atomic E-state index is 0.295. The van der Waals surface area contributed by atoms with E-state index >= 15 is 0 Å². The number of nitrogen functional groups attached to an aromatic ring is 1. The van der Waals surface area contributed by atoms with Crippen molar-refractivity contribution in [1.82, 2.24) is 9.55 Å². The van der Waals surface area contributed by atoms with Gasteiger partial charge in [0.25, 0.3) is 0 Å². The van der Waals surface area contributed by atoms with Gasteiger partial charge in [-0.05, 0) is 31.0 Å². The Morgan fingerprint density at radius 1 is 1.39 bits per heavy atom. The van der Waals surface area contributed by atoms with Gasteiger partial charge < -0.3 is 15.0 Å². The molecule has 0 saturated carbocycles. The molecule has 1 heterocycles. The molecule has 1 atom stereocenters. The SMILES string of the molecule is COCC(C(C)C)n1c(C)nc2cc(N)ccc21. The molecule has 98 valence electrons. The first-order valence-corrected chi connectivity index (χ1v) is 6.27. The number of nitrogens with two attached hydrogens (primary N) is 1. The van der Waals surface area contributed by atoms with E-state index in [0.717, 1.165) is 22.5 Å². The molecule has 2 rings (SSSR count). The average molecular weight is 247 g/mol. The Kier molecular flexibility index (Phi) is 3.57. The molecule has 2 aromatic rings. The monoisotopic (exact) mass is 247 g/mol. The molecule has 4 heteroatoms. The van der Waals surface area contributed by atoms with Crippen LogP contribution in [-0.4, -0.2) is 23.3 Å². The minimum atomic E-state index is 0.295. The zero-order chi connectivity index (χ0) is 13.3. The van der Waals surface area contributed by atoms with Crippen molar-refractivity contribution in [2.45, 2.75) is 26.8 Å². The maximum atomic E-state index is 5.80. The van der Waals surface area contributed by atoms with Crippen LogP contribution in [0.1, 0.15) is 25.7 Å².